The van der Waals surface area contributed by atoms with E-state index >= 15 is 0 Å². The van der Waals surface area contributed by atoms with E-state index in [0.717, 1.165) is 60.5 Å². The maximum absolute atomic E-state index is 4.86. The molecule has 0 aliphatic carbocycles. The molecular formula is C31H19N5. The van der Waals surface area contributed by atoms with E-state index in [1.54, 1.807) is 6.33 Å². The predicted molar refractivity (Wildman–Crippen MR) is 146 cm³/mol. The molecule has 0 bridgehead atoms. The third-order valence-electron chi connectivity index (χ3n) is 7.11. The van der Waals surface area contributed by atoms with Crippen LogP contribution in [0.4, 0.5) is 0 Å². The van der Waals surface area contributed by atoms with E-state index < -0.39 is 0 Å². The smallest absolute Gasteiger partial charge is 0.116 e. The number of rotatable bonds is 2. The van der Waals surface area contributed by atoms with Gasteiger partial charge in [0.1, 0.15) is 6.33 Å². The van der Waals surface area contributed by atoms with Crippen molar-refractivity contribution in [2.75, 3.05) is 0 Å². The van der Waals surface area contributed by atoms with Gasteiger partial charge < -0.3 is 9.13 Å². The molecule has 36 heavy (non-hydrogen) atoms. The minimum absolute atomic E-state index is 0.960. The molecule has 5 nitrogen and oxygen atoms in total. The number of hydrogen-bond acceptors (Lipinski definition) is 3. The lowest BCUT2D eigenvalue weighted by molar-refractivity contribution is 1.13. The molecule has 8 rings (SSSR count). The zero-order chi connectivity index (χ0) is 23.6. The average Bonchev–Trinajstić information content (AvgIpc) is 3.48. The summed E-state index contributed by atoms with van der Waals surface area (Å²) in [5, 5.41) is 5.68. The van der Waals surface area contributed by atoms with E-state index in [4.69, 9.17) is 4.98 Å². The molecule has 0 amide bonds. The third-order valence-corrected chi connectivity index (χ3v) is 7.11. The predicted octanol–water partition coefficient (Wildman–Crippen LogP) is 7.22. The Balaban J connectivity index is 1.79. The molecule has 0 aliphatic heterocycles. The molecule has 0 aliphatic rings. The zero-order valence-electron chi connectivity index (χ0n) is 19.2. The van der Waals surface area contributed by atoms with Gasteiger partial charge in [-0.25, -0.2) is 9.97 Å². The van der Waals surface area contributed by atoms with Crippen molar-refractivity contribution < 1.29 is 0 Å². The van der Waals surface area contributed by atoms with Crippen molar-refractivity contribution in [2.45, 2.75) is 0 Å². The van der Waals surface area contributed by atoms with Crippen LogP contribution in [0, 0.1) is 0 Å². The van der Waals surface area contributed by atoms with Gasteiger partial charge in [0.05, 0.1) is 39.5 Å². The van der Waals surface area contributed by atoms with Crippen LogP contribution in [-0.4, -0.2) is 24.1 Å². The summed E-state index contributed by atoms with van der Waals surface area (Å²) in [5.41, 5.74) is 7.62. The second kappa shape index (κ2) is 7.23. The average molecular weight is 462 g/mol. The van der Waals surface area contributed by atoms with Gasteiger partial charge in [0, 0.05) is 45.0 Å². The lowest BCUT2D eigenvalue weighted by Crippen LogP contribution is -1.99. The molecule has 0 fully saturated rings. The molecule has 5 heteroatoms. The molecule has 0 saturated carbocycles. The number of nitrogens with zero attached hydrogens (tertiary/aromatic N) is 5. The van der Waals surface area contributed by atoms with Crippen molar-refractivity contribution in [2.24, 2.45) is 0 Å². The van der Waals surface area contributed by atoms with Gasteiger partial charge in [-0.15, -0.1) is 0 Å². The number of benzene rings is 4. The zero-order valence-corrected chi connectivity index (χ0v) is 19.2. The molecule has 0 radical (unpaired) electrons. The Labute approximate surface area is 205 Å². The standard InChI is InChI=1S/C31H19N5/c1-2-9-20(10-3-1)35-25-14-6-4-12-22(25)27-24-18-33-19-34-29(24)28-23-13-5-7-15-26(23)36(31(28)30(27)35)21-11-8-16-32-17-21/h1-19H. The van der Waals surface area contributed by atoms with E-state index in [9.17, 15) is 0 Å². The van der Waals surface area contributed by atoms with Crippen molar-refractivity contribution in [1.29, 1.82) is 0 Å². The SMILES string of the molecule is c1ccc(-n2c3ccccc3c3c4cncnc4c4c5ccccc5n(-c5cccnc5)c4c32)cc1. The highest BCUT2D eigenvalue weighted by atomic mass is 15.1. The minimum atomic E-state index is 0.960. The summed E-state index contributed by atoms with van der Waals surface area (Å²) in [6.07, 6.45) is 7.36. The van der Waals surface area contributed by atoms with Crippen LogP contribution in [0.1, 0.15) is 0 Å². The fourth-order valence-corrected chi connectivity index (χ4v) is 5.75. The van der Waals surface area contributed by atoms with Gasteiger partial charge in [-0.2, -0.15) is 0 Å². The lowest BCUT2D eigenvalue weighted by Gasteiger charge is -2.13. The highest BCUT2D eigenvalue weighted by Crippen LogP contribution is 2.45. The fourth-order valence-electron chi connectivity index (χ4n) is 5.75. The first-order chi connectivity index (χ1) is 17.9. The van der Waals surface area contributed by atoms with E-state index in [1.165, 1.54) is 5.39 Å². The molecule has 4 heterocycles. The topological polar surface area (TPSA) is 48.5 Å². The van der Waals surface area contributed by atoms with Crippen molar-refractivity contribution in [3.63, 3.8) is 0 Å². The molecule has 0 atom stereocenters. The van der Waals surface area contributed by atoms with Crippen LogP contribution in [0.5, 0.6) is 0 Å². The van der Waals surface area contributed by atoms with E-state index in [2.05, 4.69) is 104 Å². The second-order valence-electron chi connectivity index (χ2n) is 8.98. The van der Waals surface area contributed by atoms with Gasteiger partial charge >= 0.3 is 0 Å². The van der Waals surface area contributed by atoms with Gasteiger partial charge in [-0.1, -0.05) is 54.6 Å². The summed E-state index contributed by atoms with van der Waals surface area (Å²) in [5.74, 6) is 0. The van der Waals surface area contributed by atoms with Crippen molar-refractivity contribution in [3.8, 4) is 11.4 Å². The Morgan fingerprint density at radius 2 is 1.14 bits per heavy atom. The van der Waals surface area contributed by atoms with Gasteiger partial charge in [-0.05, 0) is 36.4 Å². The van der Waals surface area contributed by atoms with Gasteiger partial charge in [0.15, 0.2) is 0 Å². The summed E-state index contributed by atoms with van der Waals surface area (Å²) in [6, 6.07) is 31.8. The molecule has 0 N–H and O–H groups in total. The third kappa shape index (κ3) is 2.46. The molecule has 8 aromatic rings. The minimum Gasteiger partial charge on any atom is -0.307 e. The molecule has 4 aromatic carbocycles. The fraction of sp³-hybridized carbons (Fsp3) is 0. The van der Waals surface area contributed by atoms with Crippen LogP contribution < -0.4 is 0 Å². The van der Waals surface area contributed by atoms with Crippen LogP contribution in [0.3, 0.4) is 0 Å². The summed E-state index contributed by atoms with van der Waals surface area (Å²) in [7, 11) is 0. The van der Waals surface area contributed by atoms with Crippen molar-refractivity contribution in [1.82, 2.24) is 24.1 Å². The quantitative estimate of drug-likeness (QED) is 0.273. The normalized spacial score (nSPS) is 11.9. The van der Waals surface area contributed by atoms with E-state index in [-0.39, 0.29) is 0 Å². The first-order valence-corrected chi connectivity index (χ1v) is 12.0. The van der Waals surface area contributed by atoms with Crippen LogP contribution in [0.2, 0.25) is 0 Å². The first kappa shape index (κ1) is 19.3. The maximum Gasteiger partial charge on any atom is 0.116 e. The Bertz CT molecular complexity index is 1930. The van der Waals surface area contributed by atoms with Crippen molar-refractivity contribution >= 4 is 54.5 Å². The monoisotopic (exact) mass is 461 g/mol. The highest BCUT2D eigenvalue weighted by molar-refractivity contribution is 6.35. The largest absolute Gasteiger partial charge is 0.307 e. The van der Waals surface area contributed by atoms with Crippen LogP contribution in [-0.2, 0) is 0 Å². The summed E-state index contributed by atoms with van der Waals surface area (Å²) in [6.45, 7) is 0. The summed E-state index contributed by atoms with van der Waals surface area (Å²) < 4.78 is 4.71. The number of fused-ring (bicyclic) bond motifs is 10. The van der Waals surface area contributed by atoms with Crippen molar-refractivity contribution in [3.05, 3.63) is 116 Å². The lowest BCUT2D eigenvalue weighted by atomic mass is 10.0. The Hall–Kier alpha value is -5.03. The van der Waals surface area contributed by atoms with Crippen LogP contribution >= 0.6 is 0 Å². The number of hydrogen-bond donors (Lipinski definition) is 0. The van der Waals surface area contributed by atoms with Gasteiger partial charge in [0.25, 0.3) is 0 Å². The van der Waals surface area contributed by atoms with Gasteiger partial charge in [0.2, 0.25) is 0 Å². The molecule has 0 unspecified atom stereocenters. The number of pyridine rings is 1. The Morgan fingerprint density at radius 3 is 1.89 bits per heavy atom. The summed E-state index contributed by atoms with van der Waals surface area (Å²) >= 11 is 0. The Morgan fingerprint density at radius 1 is 0.500 bits per heavy atom. The van der Waals surface area contributed by atoms with Crippen LogP contribution in [0.15, 0.2) is 116 Å². The second-order valence-corrected chi connectivity index (χ2v) is 8.98. The summed E-state index contributed by atoms with van der Waals surface area (Å²) in [4.78, 5) is 13.8. The van der Waals surface area contributed by atoms with E-state index in [0.29, 0.717) is 0 Å². The first-order valence-electron chi connectivity index (χ1n) is 12.0. The number of aromatic nitrogens is 5. The molecule has 168 valence electrons. The number of para-hydroxylation sites is 3. The molecule has 0 spiro atoms. The van der Waals surface area contributed by atoms with E-state index in [1.807, 2.05) is 24.7 Å². The molecule has 4 aromatic heterocycles. The van der Waals surface area contributed by atoms with Crippen LogP contribution in [0.25, 0.3) is 65.9 Å². The Kier molecular flexibility index (Phi) is 3.88. The molecule has 0 saturated heterocycles. The van der Waals surface area contributed by atoms with Gasteiger partial charge in [-0.3, -0.25) is 4.98 Å². The highest BCUT2D eigenvalue weighted by Gasteiger charge is 2.24. The molecular weight excluding hydrogens is 442 g/mol. The maximum atomic E-state index is 4.86.